The van der Waals surface area contributed by atoms with Gasteiger partial charge in [-0.1, -0.05) is 19.1 Å². The summed E-state index contributed by atoms with van der Waals surface area (Å²) in [5, 5.41) is 18.9. The molecule has 3 N–H and O–H groups in total. The highest BCUT2D eigenvalue weighted by Gasteiger charge is 2.31. The first-order valence-electron chi connectivity index (χ1n) is 14.4. The number of hydrogen-bond acceptors (Lipinski definition) is 12. The normalized spacial score (nSPS) is 17.2. The SMILES string of the molecule is CC1C=C(OCCOCCN2C(=O)CCC2=O)NC1C(=O)NCC(=O)Nc1ccc(COC(=O)Oc2ccc([N+](=O)[O-])cc2)cc1. The van der Waals surface area contributed by atoms with Crippen LogP contribution >= 0.6 is 0 Å². The van der Waals surface area contributed by atoms with E-state index in [9.17, 15) is 34.1 Å². The molecule has 2 heterocycles. The fraction of sp³-hybridized carbons (Fsp3) is 0.367. The minimum Gasteiger partial charge on any atom is -0.477 e. The van der Waals surface area contributed by atoms with Crippen molar-refractivity contribution in [3.8, 4) is 5.75 Å². The van der Waals surface area contributed by atoms with Crippen molar-refractivity contribution in [2.24, 2.45) is 5.92 Å². The van der Waals surface area contributed by atoms with E-state index in [1.165, 1.54) is 29.2 Å². The Morgan fingerprint density at radius 2 is 1.70 bits per heavy atom. The molecule has 2 unspecified atom stereocenters. The van der Waals surface area contributed by atoms with Crippen LogP contribution in [0.5, 0.6) is 5.75 Å². The Labute approximate surface area is 263 Å². The number of benzene rings is 2. The van der Waals surface area contributed by atoms with Gasteiger partial charge in [0.25, 0.3) is 5.69 Å². The molecule has 2 aromatic carbocycles. The van der Waals surface area contributed by atoms with Crippen LogP contribution in [0.2, 0.25) is 0 Å². The Kier molecular flexibility index (Phi) is 11.6. The van der Waals surface area contributed by atoms with Crippen molar-refractivity contribution < 1.29 is 47.8 Å². The number of hydrogen-bond donors (Lipinski definition) is 3. The van der Waals surface area contributed by atoms with Crippen molar-refractivity contribution in [3.63, 3.8) is 0 Å². The summed E-state index contributed by atoms with van der Waals surface area (Å²) >= 11 is 0. The number of carbonyl (C=O) groups excluding carboxylic acids is 5. The average Bonchev–Trinajstić information content (AvgIpc) is 3.57. The third-order valence-electron chi connectivity index (χ3n) is 6.89. The van der Waals surface area contributed by atoms with Crippen LogP contribution in [0.15, 0.2) is 60.5 Å². The van der Waals surface area contributed by atoms with Crippen LogP contribution in [-0.2, 0) is 40.0 Å². The van der Waals surface area contributed by atoms with Crippen molar-refractivity contribution in [1.82, 2.24) is 15.5 Å². The highest BCUT2D eigenvalue weighted by atomic mass is 16.7. The number of likely N-dealkylation sites (tertiary alicyclic amines) is 1. The van der Waals surface area contributed by atoms with Gasteiger partial charge in [0.15, 0.2) is 5.88 Å². The molecule has 4 amide bonds. The zero-order valence-corrected chi connectivity index (χ0v) is 24.9. The molecule has 0 aliphatic carbocycles. The molecule has 2 aliphatic heterocycles. The average molecular weight is 640 g/mol. The summed E-state index contributed by atoms with van der Waals surface area (Å²) in [5.41, 5.74) is 0.931. The fourth-order valence-corrected chi connectivity index (χ4v) is 4.47. The maximum atomic E-state index is 12.7. The van der Waals surface area contributed by atoms with Crippen LogP contribution in [-0.4, -0.2) is 78.6 Å². The van der Waals surface area contributed by atoms with Crippen molar-refractivity contribution in [3.05, 3.63) is 76.2 Å². The van der Waals surface area contributed by atoms with Crippen LogP contribution in [0.3, 0.4) is 0 Å². The summed E-state index contributed by atoms with van der Waals surface area (Å²) in [5.74, 6) is -0.915. The Balaban J connectivity index is 1.08. The van der Waals surface area contributed by atoms with E-state index >= 15 is 0 Å². The lowest BCUT2D eigenvalue weighted by molar-refractivity contribution is -0.384. The minimum absolute atomic E-state index is 0.0929. The quantitative estimate of drug-likeness (QED) is 0.0639. The molecule has 0 bridgehead atoms. The largest absolute Gasteiger partial charge is 0.514 e. The first-order chi connectivity index (χ1) is 22.1. The molecule has 0 saturated carbocycles. The second-order valence-electron chi connectivity index (χ2n) is 10.3. The van der Waals surface area contributed by atoms with E-state index in [4.69, 9.17) is 18.9 Å². The van der Waals surface area contributed by atoms with E-state index in [0.29, 0.717) is 17.1 Å². The number of nitrogens with zero attached hydrogens (tertiary/aromatic N) is 2. The molecular weight excluding hydrogens is 606 g/mol. The zero-order valence-electron chi connectivity index (χ0n) is 24.9. The number of anilines is 1. The summed E-state index contributed by atoms with van der Waals surface area (Å²) in [6.45, 7) is 2.29. The second kappa shape index (κ2) is 16.0. The monoisotopic (exact) mass is 639 g/mol. The number of nitrogens with one attached hydrogen (secondary N) is 3. The van der Waals surface area contributed by atoms with Gasteiger partial charge in [-0.25, -0.2) is 4.79 Å². The number of non-ortho nitro benzene ring substituents is 1. The molecule has 4 rings (SSSR count). The Bertz CT molecular complexity index is 1460. The van der Waals surface area contributed by atoms with Gasteiger partial charge in [0.2, 0.25) is 23.6 Å². The molecule has 0 radical (unpaired) electrons. The first kappa shape index (κ1) is 33.4. The maximum Gasteiger partial charge on any atom is 0.514 e. The van der Waals surface area contributed by atoms with Gasteiger partial charge in [-0.2, -0.15) is 0 Å². The van der Waals surface area contributed by atoms with Crippen LogP contribution < -0.4 is 20.7 Å². The highest BCUT2D eigenvalue weighted by molar-refractivity contribution is 6.01. The maximum absolute atomic E-state index is 12.7. The highest BCUT2D eigenvalue weighted by Crippen LogP contribution is 2.19. The van der Waals surface area contributed by atoms with Gasteiger partial charge in [0.1, 0.15) is 25.0 Å². The van der Waals surface area contributed by atoms with E-state index in [1.807, 2.05) is 6.92 Å². The number of nitro groups is 1. The van der Waals surface area contributed by atoms with Gasteiger partial charge in [-0.3, -0.25) is 34.2 Å². The Morgan fingerprint density at radius 1 is 1.00 bits per heavy atom. The zero-order chi connectivity index (χ0) is 33.1. The predicted molar refractivity (Wildman–Crippen MR) is 159 cm³/mol. The van der Waals surface area contributed by atoms with Crippen molar-refractivity contribution in [1.29, 1.82) is 0 Å². The lowest BCUT2D eigenvalue weighted by atomic mass is 10.0. The van der Waals surface area contributed by atoms with Gasteiger partial charge in [-0.05, 0) is 35.9 Å². The van der Waals surface area contributed by atoms with Crippen molar-refractivity contribution in [2.75, 3.05) is 38.2 Å². The van der Waals surface area contributed by atoms with E-state index in [1.54, 1.807) is 30.3 Å². The molecule has 0 spiro atoms. The third kappa shape index (κ3) is 9.75. The molecular formula is C30H33N5O11. The standard InChI is InChI=1S/C30H33N5O11/c1-19-16-25(44-15-14-43-13-12-34-26(37)10-11-27(34)38)33-28(19)29(39)31-17-24(36)32-21-4-2-20(3-5-21)18-45-30(40)46-23-8-6-22(7-9-23)35(41)42/h2-9,16,19,28,33H,10-15,17-18H2,1H3,(H,31,39)(H,32,36). The topological polar surface area (TPSA) is 205 Å². The molecule has 46 heavy (non-hydrogen) atoms. The third-order valence-corrected chi connectivity index (χ3v) is 6.89. The van der Waals surface area contributed by atoms with E-state index in [2.05, 4.69) is 16.0 Å². The fourth-order valence-electron chi connectivity index (χ4n) is 4.47. The summed E-state index contributed by atoms with van der Waals surface area (Å²) in [6.07, 6.45) is 1.25. The number of ether oxygens (including phenoxy) is 4. The molecule has 2 aromatic rings. The van der Waals surface area contributed by atoms with Gasteiger partial charge < -0.3 is 34.9 Å². The summed E-state index contributed by atoms with van der Waals surface area (Å²) in [6, 6.07) is 10.8. The van der Waals surface area contributed by atoms with Crippen LogP contribution in [0.25, 0.3) is 0 Å². The van der Waals surface area contributed by atoms with E-state index < -0.39 is 23.0 Å². The van der Waals surface area contributed by atoms with E-state index in [-0.39, 0.29) is 87.4 Å². The van der Waals surface area contributed by atoms with Gasteiger partial charge in [-0.15, -0.1) is 0 Å². The summed E-state index contributed by atoms with van der Waals surface area (Å²) < 4.78 is 21.1. The van der Waals surface area contributed by atoms with Crippen LogP contribution in [0.1, 0.15) is 25.3 Å². The lowest BCUT2D eigenvalue weighted by Gasteiger charge is -2.17. The van der Waals surface area contributed by atoms with Gasteiger partial charge >= 0.3 is 6.16 Å². The van der Waals surface area contributed by atoms with E-state index in [0.717, 1.165) is 0 Å². The minimum atomic E-state index is -0.987. The molecule has 2 aliphatic rings. The second-order valence-corrected chi connectivity index (χ2v) is 10.3. The smallest absolute Gasteiger partial charge is 0.477 e. The molecule has 1 fully saturated rings. The van der Waals surface area contributed by atoms with Gasteiger partial charge in [0.05, 0.1) is 31.2 Å². The molecule has 0 aromatic heterocycles. The first-order valence-corrected chi connectivity index (χ1v) is 14.4. The van der Waals surface area contributed by atoms with Crippen LogP contribution in [0.4, 0.5) is 16.2 Å². The lowest BCUT2D eigenvalue weighted by Crippen LogP contribution is -2.46. The molecule has 244 valence electrons. The van der Waals surface area contributed by atoms with Crippen molar-refractivity contribution >= 4 is 41.2 Å². The molecule has 1 saturated heterocycles. The molecule has 16 heteroatoms. The summed E-state index contributed by atoms with van der Waals surface area (Å²) in [7, 11) is 0. The van der Waals surface area contributed by atoms with Gasteiger partial charge in [0, 0.05) is 36.6 Å². The number of amides is 4. The van der Waals surface area contributed by atoms with Crippen LogP contribution in [0, 0.1) is 16.0 Å². The Morgan fingerprint density at radius 3 is 2.37 bits per heavy atom. The Hall–Kier alpha value is -5.51. The van der Waals surface area contributed by atoms with Crippen molar-refractivity contribution in [2.45, 2.75) is 32.4 Å². The number of nitro benzene ring substituents is 1. The summed E-state index contributed by atoms with van der Waals surface area (Å²) in [4.78, 5) is 71.5. The molecule has 2 atom stereocenters. The number of rotatable bonds is 15. The predicted octanol–water partition coefficient (Wildman–Crippen LogP) is 2.00. The number of imide groups is 1. The molecule has 16 nitrogen and oxygen atoms in total. The number of carbonyl (C=O) groups is 5.